The number of hydrogen-bond donors (Lipinski definition) is 1. The lowest BCUT2D eigenvalue weighted by atomic mass is 10.2. The molecule has 1 N–H and O–H groups in total. The van der Waals surface area contributed by atoms with Crippen LogP contribution in [0.5, 0.6) is 5.75 Å². The predicted molar refractivity (Wildman–Crippen MR) is 52.8 cm³/mol. The number of methoxy groups -OCH3 is 1. The van der Waals surface area contributed by atoms with Gasteiger partial charge in [-0.1, -0.05) is 11.6 Å². The van der Waals surface area contributed by atoms with E-state index < -0.39 is 5.82 Å². The molecule has 0 aliphatic heterocycles. The molecule has 1 heterocycles. The van der Waals surface area contributed by atoms with Crippen molar-refractivity contribution in [1.82, 2.24) is 0 Å². The predicted octanol–water partition coefficient (Wildman–Crippen LogP) is 2.17. The van der Waals surface area contributed by atoms with E-state index in [0.717, 1.165) is 4.73 Å². The molecule has 0 amide bonds. The molecule has 0 atom stereocenters. The maximum Gasteiger partial charge on any atom is 0.269 e. The minimum atomic E-state index is -0.546. The molecule has 2 rings (SSSR count). The minimum absolute atomic E-state index is 0.0931. The molecule has 0 unspecified atom stereocenters. The smallest absolute Gasteiger partial charge is 0.269 e. The normalized spacial score (nSPS) is 10.6. The summed E-state index contributed by atoms with van der Waals surface area (Å²) in [6, 6.07) is 4.13. The van der Waals surface area contributed by atoms with Crippen LogP contribution in [-0.4, -0.2) is 12.3 Å². The SMILES string of the molecule is COc1cc2c(Cl)cc[n+](O)c2cc1F. The van der Waals surface area contributed by atoms with Crippen molar-refractivity contribution < 1.29 is 19.1 Å². The van der Waals surface area contributed by atoms with E-state index in [9.17, 15) is 9.60 Å². The van der Waals surface area contributed by atoms with Gasteiger partial charge in [0.25, 0.3) is 5.52 Å². The summed E-state index contributed by atoms with van der Waals surface area (Å²) >= 11 is 5.91. The number of nitrogens with zero attached hydrogens (tertiary/aromatic N) is 1. The molecule has 0 radical (unpaired) electrons. The number of ether oxygens (including phenoxy) is 1. The second-order valence-corrected chi connectivity index (χ2v) is 3.42. The molecule has 0 fully saturated rings. The van der Waals surface area contributed by atoms with Gasteiger partial charge in [0.1, 0.15) is 0 Å². The summed E-state index contributed by atoms with van der Waals surface area (Å²) in [6.07, 6.45) is 1.34. The second-order valence-electron chi connectivity index (χ2n) is 3.01. The van der Waals surface area contributed by atoms with E-state index in [0.29, 0.717) is 15.9 Å². The highest BCUT2D eigenvalue weighted by atomic mass is 35.5. The van der Waals surface area contributed by atoms with E-state index in [-0.39, 0.29) is 5.75 Å². The Morgan fingerprint density at radius 2 is 2.20 bits per heavy atom. The summed E-state index contributed by atoms with van der Waals surface area (Å²) < 4.78 is 19.0. The molecule has 3 nitrogen and oxygen atoms in total. The van der Waals surface area contributed by atoms with Crippen molar-refractivity contribution >= 4 is 22.5 Å². The third-order valence-corrected chi connectivity index (χ3v) is 2.47. The molecule has 78 valence electrons. The van der Waals surface area contributed by atoms with Crippen molar-refractivity contribution in [1.29, 1.82) is 0 Å². The fraction of sp³-hybridized carbons (Fsp3) is 0.100. The highest BCUT2D eigenvalue weighted by Gasteiger charge is 2.15. The Labute approximate surface area is 90.2 Å². The summed E-state index contributed by atoms with van der Waals surface area (Å²) in [5.41, 5.74) is 0.292. The fourth-order valence-electron chi connectivity index (χ4n) is 1.39. The summed E-state index contributed by atoms with van der Waals surface area (Å²) in [5.74, 6) is -0.453. The van der Waals surface area contributed by atoms with Crippen LogP contribution in [0.25, 0.3) is 10.9 Å². The number of hydrogen-bond acceptors (Lipinski definition) is 2. The number of pyridine rings is 1. The van der Waals surface area contributed by atoms with Crippen LogP contribution in [0.4, 0.5) is 4.39 Å². The number of halogens is 2. The van der Waals surface area contributed by atoms with E-state index >= 15 is 0 Å². The molecule has 0 saturated carbocycles. The minimum Gasteiger partial charge on any atom is -0.494 e. The Morgan fingerprint density at radius 1 is 1.47 bits per heavy atom. The van der Waals surface area contributed by atoms with E-state index in [1.54, 1.807) is 0 Å². The van der Waals surface area contributed by atoms with Crippen LogP contribution in [0.2, 0.25) is 5.02 Å². The Morgan fingerprint density at radius 3 is 2.87 bits per heavy atom. The molecule has 2 aromatic rings. The lowest BCUT2D eigenvalue weighted by Gasteiger charge is -2.02. The Balaban J connectivity index is 2.86. The first-order chi connectivity index (χ1) is 7.13. The number of fused-ring (bicyclic) bond motifs is 1. The van der Waals surface area contributed by atoms with Crippen LogP contribution < -0.4 is 9.47 Å². The highest BCUT2D eigenvalue weighted by molar-refractivity contribution is 6.35. The monoisotopic (exact) mass is 228 g/mol. The molecule has 1 aromatic carbocycles. The summed E-state index contributed by atoms with van der Waals surface area (Å²) in [6.45, 7) is 0. The third-order valence-electron chi connectivity index (χ3n) is 2.14. The molecule has 0 spiro atoms. The van der Waals surface area contributed by atoms with Gasteiger partial charge in [0, 0.05) is 10.8 Å². The highest BCUT2D eigenvalue weighted by Crippen LogP contribution is 2.27. The van der Waals surface area contributed by atoms with Gasteiger partial charge in [0.15, 0.2) is 11.6 Å². The van der Waals surface area contributed by atoms with Gasteiger partial charge in [-0.2, -0.15) is 0 Å². The van der Waals surface area contributed by atoms with Crippen molar-refractivity contribution in [3.8, 4) is 5.75 Å². The maximum atomic E-state index is 13.3. The first-order valence-electron chi connectivity index (χ1n) is 4.20. The van der Waals surface area contributed by atoms with E-state index in [1.165, 1.54) is 31.5 Å². The topological polar surface area (TPSA) is 33.3 Å². The van der Waals surface area contributed by atoms with Crippen molar-refractivity contribution in [3.05, 3.63) is 35.2 Å². The summed E-state index contributed by atoms with van der Waals surface area (Å²) in [5, 5.41) is 10.4. The Hall–Kier alpha value is -1.55. The molecule has 5 heteroatoms. The first-order valence-corrected chi connectivity index (χ1v) is 4.58. The molecular weight excluding hydrogens is 221 g/mol. The van der Waals surface area contributed by atoms with Crippen molar-refractivity contribution in [2.75, 3.05) is 7.11 Å². The maximum absolute atomic E-state index is 13.3. The number of aromatic nitrogens is 1. The van der Waals surface area contributed by atoms with Gasteiger partial charge in [-0.3, -0.25) is 5.21 Å². The Bertz CT molecular complexity index is 530. The van der Waals surface area contributed by atoms with Gasteiger partial charge >= 0.3 is 0 Å². The molecule has 0 aliphatic carbocycles. The van der Waals surface area contributed by atoms with E-state index in [1.807, 2.05) is 0 Å². The van der Waals surface area contributed by atoms with Crippen LogP contribution in [0.1, 0.15) is 0 Å². The molecule has 0 saturated heterocycles. The number of rotatable bonds is 1. The quantitative estimate of drug-likeness (QED) is 0.600. The average Bonchev–Trinajstić information content (AvgIpc) is 2.23. The van der Waals surface area contributed by atoms with Crippen molar-refractivity contribution in [2.24, 2.45) is 0 Å². The zero-order valence-electron chi connectivity index (χ0n) is 7.87. The van der Waals surface area contributed by atoms with Gasteiger partial charge in [0.2, 0.25) is 6.20 Å². The fourth-order valence-corrected chi connectivity index (χ4v) is 1.59. The standard InChI is InChI=1S/C10H8ClFNO2/c1-15-10-4-6-7(11)2-3-13(14)9(6)5-8(10)12/h2-5,14H,1H3/q+1. The summed E-state index contributed by atoms with van der Waals surface area (Å²) in [7, 11) is 1.37. The van der Waals surface area contributed by atoms with Crippen LogP contribution in [-0.2, 0) is 0 Å². The van der Waals surface area contributed by atoms with E-state index in [2.05, 4.69) is 0 Å². The Kier molecular flexibility index (Phi) is 2.36. The average molecular weight is 229 g/mol. The summed E-state index contributed by atoms with van der Waals surface area (Å²) in [4.78, 5) is 0. The van der Waals surface area contributed by atoms with Crippen LogP contribution in [0.15, 0.2) is 24.4 Å². The van der Waals surface area contributed by atoms with E-state index in [4.69, 9.17) is 16.3 Å². The number of benzene rings is 1. The van der Waals surface area contributed by atoms with Gasteiger partial charge in [0.05, 0.1) is 23.6 Å². The largest absolute Gasteiger partial charge is 0.494 e. The second kappa shape index (κ2) is 3.55. The van der Waals surface area contributed by atoms with Gasteiger partial charge < -0.3 is 4.74 Å². The van der Waals surface area contributed by atoms with Gasteiger partial charge in [-0.15, -0.1) is 0 Å². The lowest BCUT2D eigenvalue weighted by Crippen LogP contribution is -2.30. The van der Waals surface area contributed by atoms with Crippen LogP contribution in [0.3, 0.4) is 0 Å². The third kappa shape index (κ3) is 1.57. The van der Waals surface area contributed by atoms with Gasteiger partial charge in [-0.25, -0.2) is 4.39 Å². The zero-order chi connectivity index (χ0) is 11.0. The molecule has 0 aliphatic rings. The van der Waals surface area contributed by atoms with Crippen LogP contribution >= 0.6 is 11.6 Å². The first kappa shape index (κ1) is 9.98. The van der Waals surface area contributed by atoms with Crippen LogP contribution in [0, 0.1) is 5.82 Å². The molecule has 15 heavy (non-hydrogen) atoms. The van der Waals surface area contributed by atoms with Gasteiger partial charge in [-0.05, 0) is 6.07 Å². The van der Waals surface area contributed by atoms with Crippen molar-refractivity contribution in [2.45, 2.75) is 0 Å². The van der Waals surface area contributed by atoms with Crippen molar-refractivity contribution in [3.63, 3.8) is 0 Å². The lowest BCUT2D eigenvalue weighted by molar-refractivity contribution is -0.884. The molecule has 1 aromatic heterocycles. The molecule has 0 bridgehead atoms. The molecular formula is C10H8ClFNO2+. The zero-order valence-corrected chi connectivity index (χ0v) is 8.62.